The summed E-state index contributed by atoms with van der Waals surface area (Å²) >= 11 is 6.65. The third-order valence-electron chi connectivity index (χ3n) is 1.31. The van der Waals surface area contributed by atoms with Gasteiger partial charge in [-0.05, 0) is 6.07 Å². The van der Waals surface area contributed by atoms with E-state index in [0.29, 0.717) is 0 Å². The highest BCUT2D eigenvalue weighted by Crippen LogP contribution is 2.34. The van der Waals surface area contributed by atoms with Crippen molar-refractivity contribution in [2.24, 2.45) is 0 Å². The Morgan fingerprint density at radius 2 is 1.91 bits per heavy atom. The fraction of sp³-hybridized carbons (Fsp3) is 0.125. The Morgan fingerprint density at radius 3 is 2.36 bits per heavy atom. The molecule has 0 fully saturated rings. The lowest BCUT2D eigenvalue weighted by molar-refractivity contribution is 0.413. The van der Waals surface area contributed by atoms with Gasteiger partial charge in [0, 0.05) is 5.56 Å². The molecule has 0 amide bonds. The molecule has 3 heteroatoms. The molecule has 0 bridgehead atoms. The molecular formula is C8H7Br2O. The summed E-state index contributed by atoms with van der Waals surface area (Å²) in [5.74, 6) is 0.858. The van der Waals surface area contributed by atoms with Crippen LogP contribution in [-0.2, 0) is 0 Å². The summed E-state index contributed by atoms with van der Waals surface area (Å²) in [5.41, 5.74) is 1.02. The van der Waals surface area contributed by atoms with Crippen molar-refractivity contribution in [3.63, 3.8) is 0 Å². The Morgan fingerprint density at radius 1 is 1.27 bits per heavy atom. The van der Waals surface area contributed by atoms with Crippen LogP contribution in [0.4, 0.5) is 0 Å². The SMILES string of the molecule is COc1ccccc1[C](Br)Br. The Balaban J connectivity index is 3.02. The summed E-state index contributed by atoms with van der Waals surface area (Å²) in [6.45, 7) is 0. The molecule has 11 heavy (non-hydrogen) atoms. The lowest BCUT2D eigenvalue weighted by Gasteiger charge is -2.06. The molecule has 0 spiro atoms. The van der Waals surface area contributed by atoms with Gasteiger partial charge in [0.05, 0.1) is 7.11 Å². The average Bonchev–Trinajstić information content (AvgIpc) is 2.04. The van der Waals surface area contributed by atoms with E-state index >= 15 is 0 Å². The molecule has 1 rings (SSSR count). The van der Waals surface area contributed by atoms with Crippen molar-refractivity contribution in [2.45, 2.75) is 0 Å². The van der Waals surface area contributed by atoms with Crippen molar-refractivity contribution in [3.8, 4) is 5.75 Å². The molecule has 0 saturated carbocycles. The van der Waals surface area contributed by atoms with E-state index in [4.69, 9.17) is 4.74 Å². The largest absolute Gasteiger partial charge is 0.496 e. The Bertz CT molecular complexity index is 235. The van der Waals surface area contributed by atoms with Crippen molar-refractivity contribution in [1.82, 2.24) is 0 Å². The van der Waals surface area contributed by atoms with E-state index in [-0.39, 0.29) is 0 Å². The molecule has 0 aliphatic carbocycles. The van der Waals surface area contributed by atoms with Crippen molar-refractivity contribution in [1.29, 1.82) is 0 Å². The maximum absolute atomic E-state index is 5.13. The molecule has 0 aliphatic heterocycles. The normalized spacial score (nSPS) is 10.2. The highest BCUT2D eigenvalue weighted by Gasteiger charge is 2.08. The second-order valence-electron chi connectivity index (χ2n) is 1.96. The second kappa shape index (κ2) is 4.12. The minimum absolute atomic E-state index is 0.858. The summed E-state index contributed by atoms with van der Waals surface area (Å²) in [6, 6.07) is 7.78. The van der Waals surface area contributed by atoms with Crippen LogP contribution in [-0.4, -0.2) is 7.11 Å². The molecule has 0 aromatic heterocycles. The molecule has 0 N–H and O–H groups in total. The number of methoxy groups -OCH3 is 1. The molecule has 0 saturated heterocycles. The minimum atomic E-state index is 0.858. The number of benzene rings is 1. The second-order valence-corrected chi connectivity index (χ2v) is 4.61. The molecule has 0 heterocycles. The van der Waals surface area contributed by atoms with Crippen LogP contribution in [0, 0.1) is 3.74 Å². The van der Waals surface area contributed by atoms with E-state index in [0.717, 1.165) is 15.0 Å². The van der Waals surface area contributed by atoms with E-state index in [1.807, 2.05) is 24.3 Å². The smallest absolute Gasteiger partial charge is 0.138 e. The first-order valence-electron chi connectivity index (χ1n) is 3.07. The summed E-state index contributed by atoms with van der Waals surface area (Å²) in [7, 11) is 1.65. The highest BCUT2D eigenvalue weighted by atomic mass is 79.9. The summed E-state index contributed by atoms with van der Waals surface area (Å²) < 4.78 is 6.03. The van der Waals surface area contributed by atoms with Gasteiger partial charge in [0.2, 0.25) is 0 Å². The van der Waals surface area contributed by atoms with Crippen molar-refractivity contribution < 1.29 is 4.74 Å². The van der Waals surface area contributed by atoms with Gasteiger partial charge in [0.25, 0.3) is 0 Å². The number of rotatable bonds is 2. The third-order valence-corrected chi connectivity index (χ3v) is 2.16. The maximum Gasteiger partial charge on any atom is 0.138 e. The van der Waals surface area contributed by atoms with Gasteiger partial charge in [0.15, 0.2) is 0 Å². The molecule has 1 nitrogen and oxygen atoms in total. The van der Waals surface area contributed by atoms with Crippen LogP contribution in [0.15, 0.2) is 24.3 Å². The molecule has 1 radical (unpaired) electrons. The maximum atomic E-state index is 5.13. The van der Waals surface area contributed by atoms with E-state index in [1.165, 1.54) is 0 Å². The van der Waals surface area contributed by atoms with Crippen LogP contribution in [0.25, 0.3) is 0 Å². The Kier molecular flexibility index (Phi) is 3.40. The number of hydrogen-bond acceptors (Lipinski definition) is 1. The number of hydrogen-bond donors (Lipinski definition) is 0. The van der Waals surface area contributed by atoms with E-state index in [1.54, 1.807) is 7.11 Å². The highest BCUT2D eigenvalue weighted by molar-refractivity contribution is 9.27. The van der Waals surface area contributed by atoms with Gasteiger partial charge in [-0.15, -0.1) is 0 Å². The summed E-state index contributed by atoms with van der Waals surface area (Å²) in [5, 5.41) is 0. The monoisotopic (exact) mass is 277 g/mol. The molecule has 1 aromatic rings. The third kappa shape index (κ3) is 2.20. The van der Waals surface area contributed by atoms with Crippen LogP contribution in [0.1, 0.15) is 5.56 Å². The number of ether oxygens (including phenoxy) is 1. The van der Waals surface area contributed by atoms with E-state index in [2.05, 4.69) is 31.9 Å². The van der Waals surface area contributed by atoms with Crippen LogP contribution < -0.4 is 4.74 Å². The molecule has 59 valence electrons. The number of para-hydroxylation sites is 1. The molecule has 0 unspecified atom stereocenters. The topological polar surface area (TPSA) is 9.23 Å². The van der Waals surface area contributed by atoms with Gasteiger partial charge in [-0.2, -0.15) is 0 Å². The zero-order valence-corrected chi connectivity index (χ0v) is 9.15. The minimum Gasteiger partial charge on any atom is -0.496 e. The first kappa shape index (κ1) is 9.07. The van der Waals surface area contributed by atoms with Gasteiger partial charge in [0.1, 0.15) is 9.49 Å². The predicted octanol–water partition coefficient (Wildman–Crippen LogP) is 3.32. The predicted molar refractivity (Wildman–Crippen MR) is 53.2 cm³/mol. The van der Waals surface area contributed by atoms with Gasteiger partial charge in [-0.25, -0.2) is 0 Å². The van der Waals surface area contributed by atoms with Crippen molar-refractivity contribution in [2.75, 3.05) is 7.11 Å². The lowest BCUT2D eigenvalue weighted by atomic mass is 10.2. The molecule has 1 aromatic carbocycles. The molecular weight excluding hydrogens is 272 g/mol. The van der Waals surface area contributed by atoms with Crippen molar-refractivity contribution in [3.05, 3.63) is 33.6 Å². The van der Waals surface area contributed by atoms with E-state index < -0.39 is 0 Å². The first-order valence-corrected chi connectivity index (χ1v) is 4.65. The van der Waals surface area contributed by atoms with Gasteiger partial charge in [-0.1, -0.05) is 50.1 Å². The quantitative estimate of drug-likeness (QED) is 0.806. The molecule has 0 atom stereocenters. The Hall–Kier alpha value is -0.0200. The lowest BCUT2D eigenvalue weighted by Crippen LogP contribution is -1.89. The van der Waals surface area contributed by atoms with Crippen LogP contribution >= 0.6 is 31.9 Å². The van der Waals surface area contributed by atoms with E-state index in [9.17, 15) is 0 Å². The van der Waals surface area contributed by atoms with Crippen LogP contribution in [0.5, 0.6) is 5.75 Å². The van der Waals surface area contributed by atoms with Gasteiger partial charge >= 0.3 is 0 Å². The average molecular weight is 279 g/mol. The van der Waals surface area contributed by atoms with Crippen LogP contribution in [0.3, 0.4) is 0 Å². The zero-order chi connectivity index (χ0) is 8.27. The van der Waals surface area contributed by atoms with Gasteiger partial charge < -0.3 is 4.74 Å². The number of halogens is 2. The van der Waals surface area contributed by atoms with Crippen LogP contribution in [0.2, 0.25) is 0 Å². The fourth-order valence-corrected chi connectivity index (χ4v) is 1.46. The molecule has 0 aliphatic rings. The van der Waals surface area contributed by atoms with Crippen molar-refractivity contribution >= 4 is 31.9 Å². The summed E-state index contributed by atoms with van der Waals surface area (Å²) in [4.78, 5) is 0. The standard InChI is InChI=1S/C8H7Br2O/c1-11-7-5-3-2-4-6(7)8(9)10/h2-5H,1H3. The first-order chi connectivity index (χ1) is 5.25. The fourth-order valence-electron chi connectivity index (χ4n) is 0.801. The van der Waals surface area contributed by atoms with Gasteiger partial charge in [-0.3, -0.25) is 0 Å². The summed E-state index contributed by atoms with van der Waals surface area (Å²) in [6.07, 6.45) is 0. The zero-order valence-electron chi connectivity index (χ0n) is 5.97. The Labute approximate surface area is 83.0 Å².